The Labute approximate surface area is 121 Å². The highest BCUT2D eigenvalue weighted by atomic mass is 31.2. The van der Waals surface area contributed by atoms with Crippen molar-refractivity contribution < 1.29 is 28.9 Å². The normalized spacial score (nSPS) is 11.2. The van der Waals surface area contributed by atoms with Gasteiger partial charge in [-0.2, -0.15) is 0 Å². The Balaban J connectivity index is 2.01. The molecule has 21 heavy (non-hydrogen) atoms. The van der Waals surface area contributed by atoms with Crippen molar-refractivity contribution in [3.05, 3.63) is 54.1 Å². The van der Waals surface area contributed by atoms with Gasteiger partial charge in [-0.05, 0) is 42.0 Å². The molecule has 0 saturated heterocycles. The molecule has 0 aliphatic heterocycles. The van der Waals surface area contributed by atoms with Crippen LogP contribution in [0.15, 0.2) is 48.5 Å². The minimum Gasteiger partial charge on any atom is -0.468 e. The van der Waals surface area contributed by atoms with Crippen molar-refractivity contribution in [2.45, 2.75) is 6.16 Å². The van der Waals surface area contributed by atoms with E-state index in [9.17, 15) is 4.57 Å². The van der Waals surface area contributed by atoms with Crippen molar-refractivity contribution in [1.29, 1.82) is 0 Å². The second-order valence-electron chi connectivity index (χ2n) is 4.31. The molecule has 0 aromatic heterocycles. The lowest BCUT2D eigenvalue weighted by Crippen LogP contribution is -1.94. The molecule has 0 amide bonds. The van der Waals surface area contributed by atoms with Gasteiger partial charge in [-0.1, -0.05) is 12.1 Å². The highest BCUT2D eigenvalue weighted by Gasteiger charge is 2.13. The van der Waals surface area contributed by atoms with Gasteiger partial charge in [-0.25, -0.2) is 0 Å². The van der Waals surface area contributed by atoms with E-state index in [0.717, 1.165) is 0 Å². The number of aliphatic hydroxyl groups is 1. The summed E-state index contributed by atoms with van der Waals surface area (Å²) in [6, 6.07) is 13.2. The third-order valence-electron chi connectivity index (χ3n) is 2.60. The minimum absolute atomic E-state index is 0.291. The molecule has 2 aromatic rings. The Hall–Kier alpha value is -1.85. The summed E-state index contributed by atoms with van der Waals surface area (Å²) in [4.78, 5) is 17.8. The maximum Gasteiger partial charge on any atom is 0.329 e. The first-order chi connectivity index (χ1) is 9.96. The van der Waals surface area contributed by atoms with E-state index in [0.29, 0.717) is 22.8 Å². The highest BCUT2D eigenvalue weighted by molar-refractivity contribution is 7.50. The van der Waals surface area contributed by atoms with E-state index in [-0.39, 0.29) is 13.0 Å². The van der Waals surface area contributed by atoms with Gasteiger partial charge in [-0.15, -0.1) is 0 Å². The van der Waals surface area contributed by atoms with Crippen LogP contribution in [0.5, 0.6) is 17.2 Å². The zero-order chi connectivity index (χ0) is 15.3. The fourth-order valence-electron chi connectivity index (χ4n) is 1.72. The van der Waals surface area contributed by atoms with Crippen LogP contribution >= 0.6 is 7.60 Å². The van der Waals surface area contributed by atoms with Crippen molar-refractivity contribution in [3.63, 3.8) is 0 Å². The van der Waals surface area contributed by atoms with Gasteiger partial charge in [0.1, 0.15) is 17.2 Å². The van der Waals surface area contributed by atoms with Crippen molar-refractivity contribution in [3.8, 4) is 17.2 Å². The summed E-state index contributed by atoms with van der Waals surface area (Å²) in [5.41, 5.74) is 0.544. The smallest absolute Gasteiger partial charge is 0.329 e. The van der Waals surface area contributed by atoms with E-state index in [2.05, 4.69) is 0 Å². The van der Waals surface area contributed by atoms with Crippen LogP contribution < -0.4 is 9.47 Å². The van der Waals surface area contributed by atoms with Crippen LogP contribution in [0, 0.1) is 0 Å². The van der Waals surface area contributed by atoms with Crippen molar-refractivity contribution >= 4 is 7.60 Å². The van der Waals surface area contributed by atoms with Gasteiger partial charge in [0.15, 0.2) is 6.79 Å². The van der Waals surface area contributed by atoms with Crippen LogP contribution in [-0.4, -0.2) is 21.7 Å². The van der Waals surface area contributed by atoms with E-state index in [1.165, 1.54) is 0 Å². The fourth-order valence-corrected chi connectivity index (χ4v) is 2.40. The van der Waals surface area contributed by atoms with Crippen LogP contribution in [0.1, 0.15) is 5.56 Å². The van der Waals surface area contributed by atoms with Gasteiger partial charge < -0.3 is 24.4 Å². The molecular weight excluding hydrogens is 295 g/mol. The summed E-state index contributed by atoms with van der Waals surface area (Å²) in [6.07, 6.45) is -0.291. The van der Waals surface area contributed by atoms with Gasteiger partial charge in [0.25, 0.3) is 0 Å². The van der Waals surface area contributed by atoms with E-state index in [1.807, 2.05) is 0 Å². The molecule has 0 saturated carbocycles. The van der Waals surface area contributed by atoms with Gasteiger partial charge >= 0.3 is 7.60 Å². The molecule has 0 unspecified atom stereocenters. The predicted octanol–water partition coefficient (Wildman–Crippen LogP) is 2.49. The topological polar surface area (TPSA) is 96.2 Å². The van der Waals surface area contributed by atoms with Crippen molar-refractivity contribution in [2.75, 3.05) is 6.79 Å². The van der Waals surface area contributed by atoms with Gasteiger partial charge in [0.05, 0.1) is 6.16 Å². The number of rotatable bonds is 6. The molecule has 2 rings (SSSR count). The SMILES string of the molecule is O=P(O)(O)Cc1ccc(Oc2ccc(OCO)cc2)cc1. The third kappa shape index (κ3) is 5.21. The van der Waals surface area contributed by atoms with E-state index >= 15 is 0 Å². The molecular formula is C14H15O6P. The van der Waals surface area contributed by atoms with Crippen LogP contribution in [0.4, 0.5) is 0 Å². The average Bonchev–Trinajstić information content (AvgIpc) is 2.42. The number of hydrogen-bond donors (Lipinski definition) is 3. The van der Waals surface area contributed by atoms with Crippen LogP contribution in [0.25, 0.3) is 0 Å². The molecule has 0 fully saturated rings. The molecule has 0 heterocycles. The summed E-state index contributed by atoms with van der Waals surface area (Å²) in [6.45, 7) is -0.388. The van der Waals surface area contributed by atoms with E-state index < -0.39 is 7.60 Å². The number of hydrogen-bond acceptors (Lipinski definition) is 4. The Bertz CT molecular complexity index is 617. The largest absolute Gasteiger partial charge is 0.468 e. The Morgan fingerprint density at radius 2 is 1.33 bits per heavy atom. The number of benzene rings is 2. The summed E-state index contributed by atoms with van der Waals surface area (Å²) >= 11 is 0. The standard InChI is InChI=1S/C14H15O6P/c15-10-19-12-5-7-14(8-6-12)20-13-3-1-11(2-4-13)9-21(16,17)18/h1-8,15H,9-10H2,(H2,16,17,18). The molecule has 6 nitrogen and oxygen atoms in total. The highest BCUT2D eigenvalue weighted by Crippen LogP contribution is 2.39. The Kier molecular flexibility index (Phi) is 4.98. The summed E-state index contributed by atoms with van der Waals surface area (Å²) < 4.78 is 21.4. The van der Waals surface area contributed by atoms with E-state index in [1.54, 1.807) is 48.5 Å². The Morgan fingerprint density at radius 1 is 0.857 bits per heavy atom. The molecule has 0 aliphatic rings. The minimum atomic E-state index is -4.06. The molecule has 7 heteroatoms. The lowest BCUT2D eigenvalue weighted by atomic mass is 10.2. The first kappa shape index (κ1) is 15.5. The Morgan fingerprint density at radius 3 is 1.81 bits per heavy atom. The van der Waals surface area contributed by atoms with Crippen LogP contribution in [0.2, 0.25) is 0 Å². The van der Waals surface area contributed by atoms with Gasteiger partial charge in [-0.3, -0.25) is 4.57 Å². The zero-order valence-electron chi connectivity index (χ0n) is 11.0. The molecule has 0 bridgehead atoms. The zero-order valence-corrected chi connectivity index (χ0v) is 11.9. The van der Waals surface area contributed by atoms with Crippen LogP contribution in [-0.2, 0) is 10.7 Å². The second-order valence-corrected chi connectivity index (χ2v) is 5.96. The lowest BCUT2D eigenvalue weighted by molar-refractivity contribution is 0.0985. The lowest BCUT2D eigenvalue weighted by Gasteiger charge is -2.08. The summed E-state index contributed by atoms with van der Waals surface area (Å²) in [5, 5.41) is 8.62. The fraction of sp³-hybridized carbons (Fsp3) is 0.143. The summed E-state index contributed by atoms with van der Waals surface area (Å²) in [5.74, 6) is 1.67. The first-order valence-corrected chi connectivity index (χ1v) is 7.91. The molecule has 0 aliphatic carbocycles. The average molecular weight is 310 g/mol. The number of ether oxygens (including phenoxy) is 2. The second kappa shape index (κ2) is 6.74. The van der Waals surface area contributed by atoms with Gasteiger partial charge in [0.2, 0.25) is 0 Å². The molecule has 0 radical (unpaired) electrons. The monoisotopic (exact) mass is 310 g/mol. The maximum atomic E-state index is 10.9. The summed E-state index contributed by atoms with van der Waals surface area (Å²) in [7, 11) is -4.06. The molecule has 112 valence electrons. The van der Waals surface area contributed by atoms with Crippen LogP contribution in [0.3, 0.4) is 0 Å². The number of aliphatic hydroxyl groups excluding tert-OH is 1. The molecule has 0 spiro atoms. The molecule has 3 N–H and O–H groups in total. The predicted molar refractivity (Wildman–Crippen MR) is 76.4 cm³/mol. The van der Waals surface area contributed by atoms with Crippen molar-refractivity contribution in [2.24, 2.45) is 0 Å². The maximum absolute atomic E-state index is 10.9. The quantitative estimate of drug-likeness (QED) is 0.560. The van der Waals surface area contributed by atoms with E-state index in [4.69, 9.17) is 24.4 Å². The molecule has 0 atom stereocenters. The van der Waals surface area contributed by atoms with Crippen molar-refractivity contribution in [1.82, 2.24) is 0 Å². The molecule has 2 aromatic carbocycles. The third-order valence-corrected chi connectivity index (χ3v) is 3.38. The van der Waals surface area contributed by atoms with Gasteiger partial charge in [0, 0.05) is 0 Å². The first-order valence-electron chi connectivity index (χ1n) is 6.11.